The number of aryl methyl sites for hydroxylation is 3. The summed E-state index contributed by atoms with van der Waals surface area (Å²) in [6.07, 6.45) is 3.06. The van der Waals surface area contributed by atoms with Crippen molar-refractivity contribution < 1.29 is 23.4 Å². The lowest BCUT2D eigenvalue weighted by atomic mass is 9.78. The summed E-state index contributed by atoms with van der Waals surface area (Å²) in [7, 11) is 0. The highest BCUT2D eigenvalue weighted by Gasteiger charge is 2.71. The third-order valence-corrected chi connectivity index (χ3v) is 11.6. The predicted octanol–water partition coefficient (Wildman–Crippen LogP) is 6.94. The number of hydrogen-bond donors (Lipinski definition) is 1. The average Bonchev–Trinajstić information content (AvgIpc) is 3.30. The van der Waals surface area contributed by atoms with Gasteiger partial charge in [-0.15, -0.1) is 11.3 Å². The highest BCUT2D eigenvalue weighted by Crippen LogP contribution is 2.66. The van der Waals surface area contributed by atoms with Crippen molar-refractivity contribution in [3.05, 3.63) is 73.4 Å². The van der Waals surface area contributed by atoms with Gasteiger partial charge in [-0.05, 0) is 90.2 Å². The molecule has 3 aliphatic rings. The monoisotopic (exact) mass is 668 g/mol. The molecule has 46 heavy (non-hydrogen) atoms. The van der Waals surface area contributed by atoms with Gasteiger partial charge in [0.15, 0.2) is 0 Å². The number of nitrogens with zero attached hydrogens (tertiary/aromatic N) is 4. The Hall–Kier alpha value is -3.41. The van der Waals surface area contributed by atoms with Gasteiger partial charge in [-0.1, -0.05) is 11.6 Å². The van der Waals surface area contributed by atoms with Gasteiger partial charge in [0, 0.05) is 50.2 Å². The molecule has 1 saturated heterocycles. The first-order chi connectivity index (χ1) is 21.8. The van der Waals surface area contributed by atoms with Crippen LogP contribution in [0.25, 0.3) is 21.3 Å². The summed E-state index contributed by atoms with van der Waals surface area (Å²) < 4.78 is 36.7. The average molecular weight is 669 g/mol. The van der Waals surface area contributed by atoms with Crippen LogP contribution in [0.3, 0.4) is 0 Å². The van der Waals surface area contributed by atoms with Gasteiger partial charge in [0.2, 0.25) is 0 Å². The predicted molar refractivity (Wildman–Crippen MR) is 174 cm³/mol. The minimum absolute atomic E-state index is 0.00704. The van der Waals surface area contributed by atoms with Crippen LogP contribution in [-0.4, -0.2) is 61.7 Å². The number of rotatable bonds is 7. The lowest BCUT2D eigenvalue weighted by molar-refractivity contribution is -0.00315. The summed E-state index contributed by atoms with van der Waals surface area (Å²) in [5.41, 5.74) is 3.06. The Morgan fingerprint density at radius 3 is 2.57 bits per heavy atom. The van der Waals surface area contributed by atoms with Crippen molar-refractivity contribution in [2.45, 2.75) is 77.3 Å². The van der Waals surface area contributed by atoms with Crippen LogP contribution >= 0.6 is 22.9 Å². The topological polar surface area (TPSA) is 97.6 Å². The molecule has 0 amide bonds. The minimum atomic E-state index is -2.53. The highest BCUT2D eigenvalue weighted by molar-refractivity contribution is 7.18. The molecule has 1 aliphatic heterocycles. The molecule has 0 unspecified atom stereocenters. The van der Waals surface area contributed by atoms with Gasteiger partial charge >= 0.3 is 5.97 Å². The fourth-order valence-corrected chi connectivity index (χ4v) is 8.69. The molecule has 1 atom stereocenters. The van der Waals surface area contributed by atoms with Crippen molar-refractivity contribution in [3.8, 4) is 16.9 Å². The van der Waals surface area contributed by atoms with Gasteiger partial charge in [0.05, 0.1) is 28.0 Å². The summed E-state index contributed by atoms with van der Waals surface area (Å²) in [6, 6.07) is 7.18. The van der Waals surface area contributed by atoms with Crippen LogP contribution in [0.15, 0.2) is 34.4 Å². The summed E-state index contributed by atoms with van der Waals surface area (Å²) in [4.78, 5) is 37.3. The van der Waals surface area contributed by atoms with Crippen molar-refractivity contribution in [3.63, 3.8) is 0 Å². The summed E-state index contributed by atoms with van der Waals surface area (Å²) in [5, 5.41) is 11.8. The van der Waals surface area contributed by atoms with Gasteiger partial charge in [-0.25, -0.2) is 18.6 Å². The van der Waals surface area contributed by atoms with E-state index in [4.69, 9.17) is 21.3 Å². The number of halogens is 3. The number of piperidine rings is 1. The number of carbonyl (C=O) groups is 1. The second kappa shape index (κ2) is 11.1. The van der Waals surface area contributed by atoms with Gasteiger partial charge < -0.3 is 9.84 Å². The molecule has 4 aromatic rings. The molecule has 1 N–H and O–H groups in total. The van der Waals surface area contributed by atoms with Crippen LogP contribution in [0.4, 0.5) is 8.78 Å². The normalized spacial score (nSPS) is 21.8. The number of ether oxygens (including phenoxy) is 1. The Bertz CT molecular complexity index is 1950. The van der Waals surface area contributed by atoms with E-state index in [1.807, 2.05) is 19.9 Å². The second-order valence-electron chi connectivity index (χ2n) is 13.3. The van der Waals surface area contributed by atoms with Crippen LogP contribution in [0.1, 0.15) is 65.7 Å². The molecule has 1 saturated carbocycles. The molecular formula is C34H35ClF2N4O4S. The summed E-state index contributed by atoms with van der Waals surface area (Å²) >= 11 is 7.71. The number of fused-ring (bicyclic) bond motifs is 2. The number of benzene rings is 1. The quantitative estimate of drug-likeness (QED) is 0.228. The van der Waals surface area contributed by atoms with Crippen LogP contribution in [-0.2, 0) is 19.4 Å². The second-order valence-corrected chi connectivity index (χ2v) is 14.6. The maximum atomic E-state index is 14.0. The van der Waals surface area contributed by atoms with Crippen molar-refractivity contribution in [1.29, 1.82) is 0 Å². The largest absolute Gasteiger partial charge is 0.491 e. The fraction of sp³-hybridized carbons (Fsp3) is 0.471. The summed E-state index contributed by atoms with van der Waals surface area (Å²) in [5.74, 6) is -2.39. The van der Waals surface area contributed by atoms with E-state index in [-0.39, 0.29) is 36.2 Å². The first kappa shape index (κ1) is 31.2. The molecule has 1 spiro atoms. The number of alkyl halides is 2. The van der Waals surface area contributed by atoms with Crippen LogP contribution in [0.2, 0.25) is 5.02 Å². The number of carboxylic acids is 1. The lowest BCUT2D eigenvalue weighted by Crippen LogP contribution is -2.55. The molecule has 1 aromatic carbocycles. The molecule has 0 radical (unpaired) electrons. The van der Waals surface area contributed by atoms with E-state index in [0.717, 1.165) is 22.4 Å². The zero-order chi connectivity index (χ0) is 32.6. The smallest absolute Gasteiger partial charge is 0.338 e. The van der Waals surface area contributed by atoms with Crippen molar-refractivity contribution in [1.82, 2.24) is 19.4 Å². The van der Waals surface area contributed by atoms with Crippen molar-refractivity contribution in [2.75, 3.05) is 19.7 Å². The molecular weight excluding hydrogens is 634 g/mol. The summed E-state index contributed by atoms with van der Waals surface area (Å²) in [6.45, 7) is 7.51. The number of pyridine rings is 1. The number of hydrogen-bond acceptors (Lipinski definition) is 7. The van der Waals surface area contributed by atoms with E-state index in [9.17, 15) is 23.5 Å². The Labute approximate surface area is 274 Å². The number of thiophene rings is 1. The molecule has 8 nitrogen and oxygen atoms in total. The third-order valence-electron chi connectivity index (χ3n) is 10.4. The van der Waals surface area contributed by atoms with E-state index in [2.05, 4.69) is 16.8 Å². The number of aromatic nitrogens is 3. The molecule has 7 rings (SSSR count). The SMILES string of the molecule is Cc1cc(-c2cc(Cl)ccc2OCCn2c(C)nc3c(c2=O)C[C@@](C)(N2CCC4(CC2)CC4(F)F)CC3)c2scc(C(=O)O)c2n1. The number of carboxylic acid groups (broad SMARTS) is 1. The number of aromatic carboxylic acids is 1. The lowest BCUT2D eigenvalue weighted by Gasteiger charge is -2.47. The van der Waals surface area contributed by atoms with E-state index in [1.165, 1.54) is 11.3 Å². The standard InChI is InChI=1S/C34H35ClF2N4O4S/c1-19-14-23(29-28(38-19)25(17-46-29)31(43)44)22-15-21(35)4-5-27(22)45-13-12-41-20(2)39-26-6-7-32(3,16-24(26)30(41)42)40-10-8-33(9-11-40)18-34(33,36)37/h4-5,14-15,17H,6-13,16,18H2,1-3H3,(H,43,44)/t32-/m0/s1. The fourth-order valence-electron chi connectivity index (χ4n) is 7.50. The van der Waals surface area contributed by atoms with E-state index < -0.39 is 17.3 Å². The van der Waals surface area contributed by atoms with E-state index in [1.54, 1.807) is 28.1 Å². The molecule has 3 aromatic heterocycles. The number of likely N-dealkylation sites (tertiary alicyclic amines) is 1. The Morgan fingerprint density at radius 2 is 1.87 bits per heavy atom. The molecule has 242 valence electrons. The third kappa shape index (κ3) is 5.20. The molecule has 2 aliphatic carbocycles. The molecule has 0 bridgehead atoms. The zero-order valence-corrected chi connectivity index (χ0v) is 27.5. The van der Waals surface area contributed by atoms with Crippen molar-refractivity contribution in [2.24, 2.45) is 5.41 Å². The first-order valence-electron chi connectivity index (χ1n) is 15.6. The minimum Gasteiger partial charge on any atom is -0.491 e. The van der Waals surface area contributed by atoms with Crippen molar-refractivity contribution >= 4 is 39.1 Å². The van der Waals surface area contributed by atoms with Crippen LogP contribution in [0.5, 0.6) is 5.75 Å². The van der Waals surface area contributed by atoms with Crippen LogP contribution < -0.4 is 10.3 Å². The van der Waals surface area contributed by atoms with Gasteiger partial charge in [0.25, 0.3) is 11.5 Å². The zero-order valence-electron chi connectivity index (χ0n) is 26.0. The van der Waals surface area contributed by atoms with E-state index in [0.29, 0.717) is 77.7 Å². The highest BCUT2D eigenvalue weighted by atomic mass is 35.5. The Balaban J connectivity index is 1.11. The maximum absolute atomic E-state index is 14.0. The molecule has 2 fully saturated rings. The molecule has 4 heterocycles. The Kier molecular flexibility index (Phi) is 7.53. The van der Waals surface area contributed by atoms with E-state index >= 15 is 0 Å². The molecule has 12 heteroatoms. The van der Waals surface area contributed by atoms with Gasteiger partial charge in [-0.2, -0.15) is 0 Å². The van der Waals surface area contributed by atoms with Gasteiger partial charge in [0.1, 0.15) is 18.2 Å². The Morgan fingerprint density at radius 1 is 1.13 bits per heavy atom. The van der Waals surface area contributed by atoms with Gasteiger partial charge in [-0.3, -0.25) is 19.2 Å². The van der Waals surface area contributed by atoms with Crippen LogP contribution in [0, 0.1) is 19.3 Å². The first-order valence-corrected chi connectivity index (χ1v) is 16.8. The maximum Gasteiger partial charge on any atom is 0.338 e.